The second-order valence-electron chi connectivity index (χ2n) is 17.6. The van der Waals surface area contributed by atoms with Crippen LogP contribution >= 0.6 is 7.82 Å². The molecule has 12 heteroatoms. The zero-order valence-corrected chi connectivity index (χ0v) is 45.7. The first-order valence-electron chi connectivity index (χ1n) is 27.4. The minimum absolute atomic E-state index is 0.132. The third-order valence-electron chi connectivity index (χ3n) is 10.9. The molecule has 0 aliphatic carbocycles. The number of allylic oxidation sites excluding steroid dienone is 20. The number of rotatable bonds is 49. The monoisotopic (exact) mass is 1020 g/mol. The minimum Gasteiger partial charge on any atom is -0.462 e. The van der Waals surface area contributed by atoms with Gasteiger partial charge in [0.05, 0.1) is 19.8 Å². The fraction of sp³-hybridized carbons (Fsp3) is 0.617. The van der Waals surface area contributed by atoms with Gasteiger partial charge in [-0.15, -0.1) is 0 Å². The van der Waals surface area contributed by atoms with Crippen LogP contribution in [0.4, 0.5) is 0 Å². The Balaban J connectivity index is 4.86. The summed E-state index contributed by atoms with van der Waals surface area (Å²) >= 11 is 0. The molecule has 0 aromatic rings. The van der Waals surface area contributed by atoms with Crippen molar-refractivity contribution in [1.29, 1.82) is 0 Å². The van der Waals surface area contributed by atoms with Crippen LogP contribution in [0.1, 0.15) is 201 Å². The lowest BCUT2D eigenvalue weighted by Gasteiger charge is -2.21. The van der Waals surface area contributed by atoms with Gasteiger partial charge in [0.15, 0.2) is 6.10 Å². The second kappa shape index (κ2) is 53.2. The summed E-state index contributed by atoms with van der Waals surface area (Å²) in [5, 5.41) is 9.79. The van der Waals surface area contributed by atoms with Gasteiger partial charge in [-0.3, -0.25) is 23.4 Å². The van der Waals surface area contributed by atoms with Gasteiger partial charge in [0.1, 0.15) is 12.7 Å². The highest BCUT2D eigenvalue weighted by Crippen LogP contribution is 2.43. The standard InChI is InChI=1S/C60H97O11P/c1-4-7-10-13-16-19-22-25-27-28-30-33-36-39-42-45-48-51-60(64)71-57(53-67-58(62)49-46-43-40-37-34-32-29-26-23-20-17-14-11-8-5-2)55-69-72(65,66)68-54-56(52-61)70-59(63)50-47-44-41-38-35-31-24-21-18-15-12-9-6-3/h7-12,16-21,25-27,29,31,34-35,37,56-57,61H,4-6,13-15,22-24,28,30,32-33,36,38-55H2,1-3H3,(H,65,66)/b10-7-,11-8-,12-9-,19-16-,20-17-,21-18-,27-25-,29-26-,35-31-,37-34-. The van der Waals surface area contributed by atoms with E-state index in [1.54, 1.807) is 0 Å². The second-order valence-corrected chi connectivity index (χ2v) is 19.1. The Bertz CT molecular complexity index is 1670. The average Bonchev–Trinajstić information content (AvgIpc) is 3.37. The molecule has 0 aromatic carbocycles. The summed E-state index contributed by atoms with van der Waals surface area (Å²) in [6, 6.07) is 0. The molecule has 0 saturated carbocycles. The van der Waals surface area contributed by atoms with Gasteiger partial charge in [-0.05, 0) is 122 Å². The summed E-state index contributed by atoms with van der Waals surface area (Å²) in [5.41, 5.74) is 0. The number of carbonyl (C=O) groups is 3. The molecule has 408 valence electrons. The summed E-state index contributed by atoms with van der Waals surface area (Å²) in [6.45, 7) is 4.18. The molecule has 0 heterocycles. The highest BCUT2D eigenvalue weighted by molar-refractivity contribution is 7.47. The zero-order valence-electron chi connectivity index (χ0n) is 44.8. The smallest absolute Gasteiger partial charge is 0.462 e. The van der Waals surface area contributed by atoms with Crippen LogP contribution < -0.4 is 0 Å². The number of hydrogen-bond acceptors (Lipinski definition) is 10. The number of phosphoric ester groups is 1. The Morgan fingerprint density at radius 1 is 0.389 bits per heavy atom. The van der Waals surface area contributed by atoms with Crippen molar-refractivity contribution in [2.45, 2.75) is 213 Å². The maximum absolute atomic E-state index is 12.9. The molecular weight excluding hydrogens is 928 g/mol. The molecular formula is C60H97O11P. The normalized spacial score (nSPS) is 14.3. The van der Waals surface area contributed by atoms with E-state index in [9.17, 15) is 28.9 Å². The summed E-state index contributed by atoms with van der Waals surface area (Å²) in [4.78, 5) is 48.4. The largest absolute Gasteiger partial charge is 0.472 e. The molecule has 2 N–H and O–H groups in total. The van der Waals surface area contributed by atoms with Crippen molar-refractivity contribution in [2.24, 2.45) is 0 Å². The molecule has 0 rings (SSSR count). The van der Waals surface area contributed by atoms with Gasteiger partial charge in [0, 0.05) is 19.3 Å². The Kier molecular flexibility index (Phi) is 50.1. The zero-order chi connectivity index (χ0) is 52.7. The molecule has 0 aliphatic heterocycles. The predicted octanol–water partition coefficient (Wildman–Crippen LogP) is 16.0. The Morgan fingerprint density at radius 2 is 0.681 bits per heavy atom. The number of unbranched alkanes of at least 4 members (excludes halogenated alkanes) is 12. The Labute approximate surface area is 437 Å². The Hall–Kier alpha value is -4.12. The molecule has 0 fully saturated rings. The lowest BCUT2D eigenvalue weighted by atomic mass is 10.1. The van der Waals surface area contributed by atoms with E-state index in [0.29, 0.717) is 19.3 Å². The number of phosphoric acid groups is 1. The summed E-state index contributed by atoms with van der Waals surface area (Å²) in [7, 11) is -4.77. The van der Waals surface area contributed by atoms with Crippen LogP contribution in [-0.4, -0.2) is 66.5 Å². The maximum atomic E-state index is 12.9. The average molecular weight is 1030 g/mol. The quantitative estimate of drug-likeness (QED) is 0.0197. The van der Waals surface area contributed by atoms with Gasteiger partial charge in [-0.2, -0.15) is 0 Å². The lowest BCUT2D eigenvalue weighted by molar-refractivity contribution is -0.161. The van der Waals surface area contributed by atoms with Gasteiger partial charge in [0.25, 0.3) is 0 Å². The van der Waals surface area contributed by atoms with E-state index >= 15 is 0 Å². The first-order valence-corrected chi connectivity index (χ1v) is 28.9. The molecule has 0 bridgehead atoms. The highest BCUT2D eigenvalue weighted by Gasteiger charge is 2.28. The van der Waals surface area contributed by atoms with Crippen LogP contribution in [0.25, 0.3) is 0 Å². The minimum atomic E-state index is -4.77. The van der Waals surface area contributed by atoms with Crippen LogP contribution in [0.2, 0.25) is 0 Å². The SMILES string of the molecule is CC/C=C\C/C=C\C/C=C\C/C=C\CCCCC(=O)OCC(COP(=O)(O)OCC(CO)OC(=O)CCCCC/C=C\C/C=C\C/C=C\CC)OC(=O)CCCCCCCCC/C=C\C/C=C\C/C=C\CC. The number of esters is 3. The number of ether oxygens (including phenoxy) is 3. The summed E-state index contributed by atoms with van der Waals surface area (Å²) < 4.78 is 39.4. The fourth-order valence-corrected chi connectivity index (χ4v) is 7.57. The van der Waals surface area contributed by atoms with Gasteiger partial charge in [-0.1, -0.05) is 181 Å². The summed E-state index contributed by atoms with van der Waals surface area (Å²) in [6.07, 6.45) is 64.5. The van der Waals surface area contributed by atoms with Crippen molar-refractivity contribution in [3.05, 3.63) is 122 Å². The molecule has 3 unspecified atom stereocenters. The van der Waals surface area contributed by atoms with Crippen LogP contribution in [0.15, 0.2) is 122 Å². The lowest BCUT2D eigenvalue weighted by Crippen LogP contribution is -2.30. The fourth-order valence-electron chi connectivity index (χ4n) is 6.79. The molecule has 0 amide bonds. The Morgan fingerprint density at radius 3 is 1.08 bits per heavy atom. The van der Waals surface area contributed by atoms with Gasteiger partial charge < -0.3 is 24.2 Å². The van der Waals surface area contributed by atoms with E-state index in [1.165, 1.54) is 0 Å². The van der Waals surface area contributed by atoms with E-state index in [2.05, 4.69) is 142 Å². The molecule has 0 aliphatic rings. The van der Waals surface area contributed by atoms with E-state index in [0.717, 1.165) is 141 Å². The van der Waals surface area contributed by atoms with Crippen LogP contribution in [0.5, 0.6) is 0 Å². The van der Waals surface area contributed by atoms with Crippen LogP contribution in [-0.2, 0) is 42.2 Å². The molecule has 3 atom stereocenters. The third kappa shape index (κ3) is 50.8. The maximum Gasteiger partial charge on any atom is 0.472 e. The number of carbonyl (C=O) groups excluding carboxylic acids is 3. The number of aliphatic hydroxyl groups is 1. The molecule has 11 nitrogen and oxygen atoms in total. The van der Waals surface area contributed by atoms with Crippen molar-refractivity contribution < 1.29 is 52.2 Å². The van der Waals surface area contributed by atoms with Crippen LogP contribution in [0.3, 0.4) is 0 Å². The first kappa shape index (κ1) is 67.9. The van der Waals surface area contributed by atoms with Crippen molar-refractivity contribution in [3.8, 4) is 0 Å². The number of hydrogen-bond donors (Lipinski definition) is 2. The predicted molar refractivity (Wildman–Crippen MR) is 297 cm³/mol. The molecule has 0 saturated heterocycles. The van der Waals surface area contributed by atoms with E-state index in [4.69, 9.17) is 23.3 Å². The van der Waals surface area contributed by atoms with Crippen LogP contribution in [0, 0.1) is 0 Å². The van der Waals surface area contributed by atoms with Crippen molar-refractivity contribution >= 4 is 25.7 Å². The third-order valence-corrected chi connectivity index (χ3v) is 11.8. The van der Waals surface area contributed by atoms with Crippen molar-refractivity contribution in [3.63, 3.8) is 0 Å². The first-order chi connectivity index (χ1) is 35.2. The molecule has 0 radical (unpaired) electrons. The summed E-state index contributed by atoms with van der Waals surface area (Å²) in [5.74, 6) is -1.57. The number of aliphatic hydroxyl groups excluding tert-OH is 1. The van der Waals surface area contributed by atoms with E-state index in [1.807, 2.05) is 0 Å². The molecule has 0 aromatic heterocycles. The topological polar surface area (TPSA) is 155 Å². The van der Waals surface area contributed by atoms with Gasteiger partial charge in [-0.25, -0.2) is 4.57 Å². The molecule has 72 heavy (non-hydrogen) atoms. The highest BCUT2D eigenvalue weighted by atomic mass is 31.2. The van der Waals surface area contributed by atoms with Crippen molar-refractivity contribution in [2.75, 3.05) is 26.4 Å². The van der Waals surface area contributed by atoms with Gasteiger partial charge >= 0.3 is 25.7 Å². The van der Waals surface area contributed by atoms with E-state index < -0.39 is 57.8 Å². The van der Waals surface area contributed by atoms with E-state index in [-0.39, 0.29) is 25.9 Å². The van der Waals surface area contributed by atoms with Gasteiger partial charge in [0.2, 0.25) is 0 Å². The molecule has 0 spiro atoms. The van der Waals surface area contributed by atoms with Crippen molar-refractivity contribution in [1.82, 2.24) is 0 Å².